The molecule has 734 valence electrons. The van der Waals surface area contributed by atoms with E-state index >= 15 is 0 Å². The van der Waals surface area contributed by atoms with Crippen LogP contribution in [0.3, 0.4) is 0 Å². The second kappa shape index (κ2) is 53.4. The molecule has 0 N–H and O–H groups in total. The van der Waals surface area contributed by atoms with Gasteiger partial charge in [-0.15, -0.1) is 0 Å². The molecule has 0 saturated heterocycles. The SMILES string of the molecule is CC[C@H](Cc1ccc(C(C)C)nn1)c1ccc(C)cc1.CC[C@H](Cc1ccc(C(C)C)nn1)c1ccc(C)cc1.Cc1cc(F)cc([C@H](C)Cc2ccc(C(C)C)nn2)c1.Cc1ccc(C(C)(C)Cc2ccc(C(C)C)nn2)cc1.Cc1ccc(C(C)(C)Cc2ccc(C(C)C)nn2)cc1.Cc1ccc(C2(Cc3ccc(C(C)C)nn3)CC2)cc1.Cc1ccc([C@H](C)Cc2ccc(C(C)C)nn2)cc1. The molecule has 1 aliphatic rings. The number of benzene rings is 7. The average molecular weight is 1870 g/mol. The fourth-order valence-corrected chi connectivity index (χ4v) is 16.5. The van der Waals surface area contributed by atoms with Crippen molar-refractivity contribution in [3.05, 3.63) is 412 Å². The molecular formula is C124H161FN14. The molecule has 1 saturated carbocycles. The smallest absolute Gasteiger partial charge is 0.123 e. The maximum Gasteiger partial charge on any atom is 0.123 e. The Bertz CT molecular complexity index is 5530. The van der Waals surface area contributed by atoms with Crippen LogP contribution in [0.1, 0.15) is 401 Å². The standard InChI is InChI=1S/C18H22N2.4C18H24N2.C17H21FN2.C17H22N2/c1-13(2)17-9-8-16(19-20-17)12-18(10-11-18)15-6-4-14(3)5-7-15;2*1-13(2)17-11-10-16(19-20-17)12-18(4,5)15-8-6-14(3)7-9-15;2*1-5-15(16-8-6-14(4)7-9-16)12-17-10-11-18(13(2)3)20-19-17;1-11(2)17-6-5-16(19-20-17)9-13(4)14-7-12(3)8-15(18)10-14;1-12(2)17-10-9-16(18-19-17)11-14(4)15-7-5-13(3)6-8-15/h4-9,13H,10-12H2,1-3H3;2*6-11,13H,12H2,1-5H3;2*6-11,13,15H,5,12H2,1-4H3;5-8,10-11,13H,9H2,1-4H3;5-10,12,14H,11H2,1-4H3/t;;;2*15-;13-;14-/m...1111/s1. The third-order valence-electron chi connectivity index (χ3n) is 26.6. The van der Waals surface area contributed by atoms with Crippen molar-refractivity contribution in [2.45, 2.75) is 353 Å². The minimum absolute atomic E-state index is 0.0712. The summed E-state index contributed by atoms with van der Waals surface area (Å²) >= 11 is 0. The van der Waals surface area contributed by atoms with E-state index in [1.54, 1.807) is 12.1 Å². The first kappa shape index (κ1) is 111. The lowest BCUT2D eigenvalue weighted by atomic mass is 9.80. The van der Waals surface area contributed by atoms with E-state index < -0.39 is 0 Å². The van der Waals surface area contributed by atoms with Crippen molar-refractivity contribution in [1.82, 2.24) is 71.4 Å². The third-order valence-corrected chi connectivity index (χ3v) is 26.6. The highest BCUT2D eigenvalue weighted by Gasteiger charge is 2.44. The molecule has 7 aromatic carbocycles. The summed E-state index contributed by atoms with van der Waals surface area (Å²) in [5.41, 5.74) is 33.4. The molecule has 0 radical (unpaired) electrons. The quantitative estimate of drug-likeness (QED) is 0.0415. The molecular weight excluding hydrogens is 1700 g/mol. The number of aromatic nitrogens is 14. The summed E-state index contributed by atoms with van der Waals surface area (Å²) in [5, 5.41) is 60.7. The van der Waals surface area contributed by atoms with Gasteiger partial charge in [-0.05, 0) is 317 Å². The van der Waals surface area contributed by atoms with Gasteiger partial charge in [0.05, 0.1) is 79.7 Å². The molecule has 15 rings (SSSR count). The summed E-state index contributed by atoms with van der Waals surface area (Å²) in [7, 11) is 0. The molecule has 4 atom stereocenters. The summed E-state index contributed by atoms with van der Waals surface area (Å²) in [6.45, 7) is 62.4. The second-order valence-electron chi connectivity index (χ2n) is 42.5. The van der Waals surface area contributed by atoms with Crippen molar-refractivity contribution in [2.75, 3.05) is 0 Å². The van der Waals surface area contributed by atoms with Crippen molar-refractivity contribution < 1.29 is 4.39 Å². The molecule has 0 unspecified atom stereocenters. The first-order valence-corrected chi connectivity index (χ1v) is 51.0. The lowest BCUT2D eigenvalue weighted by Gasteiger charge is -2.25. The molecule has 14 nitrogen and oxygen atoms in total. The van der Waals surface area contributed by atoms with Gasteiger partial charge >= 0.3 is 0 Å². The molecule has 0 bridgehead atoms. The van der Waals surface area contributed by atoms with Crippen LogP contribution in [-0.4, -0.2) is 71.4 Å². The van der Waals surface area contributed by atoms with Gasteiger partial charge in [0.1, 0.15) is 5.82 Å². The van der Waals surface area contributed by atoms with Crippen LogP contribution in [0.5, 0.6) is 0 Å². The number of aryl methyl sites for hydroxylation is 7. The van der Waals surface area contributed by atoms with Gasteiger partial charge in [-0.2, -0.15) is 71.4 Å². The maximum atomic E-state index is 13.4. The van der Waals surface area contributed by atoms with Gasteiger partial charge < -0.3 is 0 Å². The van der Waals surface area contributed by atoms with Crippen molar-refractivity contribution in [1.29, 1.82) is 0 Å². The summed E-state index contributed by atoms with van der Waals surface area (Å²) < 4.78 is 13.4. The van der Waals surface area contributed by atoms with E-state index in [0.29, 0.717) is 64.6 Å². The predicted molar refractivity (Wildman–Crippen MR) is 577 cm³/mol. The van der Waals surface area contributed by atoms with Gasteiger partial charge in [0.15, 0.2) is 0 Å². The Morgan fingerprint density at radius 1 is 0.252 bits per heavy atom. The molecule has 0 amide bonds. The van der Waals surface area contributed by atoms with Gasteiger partial charge in [0.25, 0.3) is 0 Å². The zero-order chi connectivity index (χ0) is 101. The highest BCUT2D eigenvalue weighted by Crippen LogP contribution is 2.50. The summed E-state index contributed by atoms with van der Waals surface area (Å²) in [5.74, 6) is 4.59. The van der Waals surface area contributed by atoms with E-state index in [2.05, 4.69) is 484 Å². The van der Waals surface area contributed by atoms with Crippen molar-refractivity contribution in [3.63, 3.8) is 0 Å². The Morgan fingerprint density at radius 2 is 0.496 bits per heavy atom. The van der Waals surface area contributed by atoms with Crippen LogP contribution < -0.4 is 0 Å². The van der Waals surface area contributed by atoms with E-state index in [1.165, 1.54) is 79.6 Å². The lowest BCUT2D eigenvalue weighted by Crippen LogP contribution is -2.21. The molecule has 139 heavy (non-hydrogen) atoms. The molecule has 1 aliphatic carbocycles. The Morgan fingerprint density at radius 3 is 0.748 bits per heavy atom. The maximum absolute atomic E-state index is 13.4. The Kier molecular flexibility index (Phi) is 42.5. The summed E-state index contributed by atoms with van der Waals surface area (Å²) in [4.78, 5) is 0. The van der Waals surface area contributed by atoms with Crippen LogP contribution in [0, 0.1) is 54.3 Å². The van der Waals surface area contributed by atoms with Crippen LogP contribution >= 0.6 is 0 Å². The number of nitrogens with zero attached hydrogens (tertiary/aromatic N) is 14. The van der Waals surface area contributed by atoms with Crippen LogP contribution in [0.25, 0.3) is 0 Å². The Labute approximate surface area is 835 Å². The topological polar surface area (TPSA) is 180 Å². The number of rotatable bonds is 30. The molecule has 0 aliphatic heterocycles. The fraction of sp³-hybridized carbons (Fsp3) is 0.435. The molecule has 7 aromatic heterocycles. The first-order valence-electron chi connectivity index (χ1n) is 51.0. The number of hydrogen-bond acceptors (Lipinski definition) is 14. The zero-order valence-corrected chi connectivity index (χ0v) is 89.4. The number of halogens is 1. The van der Waals surface area contributed by atoms with Gasteiger partial charge in [0.2, 0.25) is 0 Å². The summed E-state index contributed by atoms with van der Waals surface area (Å²) in [6.07, 6.45) is 11.2. The van der Waals surface area contributed by atoms with Gasteiger partial charge in [-0.25, -0.2) is 4.39 Å². The van der Waals surface area contributed by atoms with Crippen LogP contribution in [0.4, 0.5) is 4.39 Å². The Balaban J connectivity index is 0.000000181. The van der Waals surface area contributed by atoms with Crippen LogP contribution in [0.2, 0.25) is 0 Å². The monoisotopic (exact) mass is 1870 g/mol. The van der Waals surface area contributed by atoms with Gasteiger partial charge in [0, 0.05) is 24.7 Å². The minimum Gasteiger partial charge on any atom is -0.207 e. The second-order valence-corrected chi connectivity index (χ2v) is 42.5. The number of hydrogen-bond donors (Lipinski definition) is 0. The molecule has 1 fully saturated rings. The average Bonchev–Trinajstić information content (AvgIpc) is 1.61. The normalized spacial score (nSPS) is 13.0. The molecule has 0 spiro atoms. The van der Waals surface area contributed by atoms with Crippen molar-refractivity contribution in [2.24, 2.45) is 0 Å². The predicted octanol–water partition coefficient (Wildman–Crippen LogP) is 31.0. The van der Waals surface area contributed by atoms with E-state index in [4.69, 9.17) is 0 Å². The molecule has 14 aromatic rings. The zero-order valence-electron chi connectivity index (χ0n) is 89.4. The van der Waals surface area contributed by atoms with E-state index in [0.717, 1.165) is 149 Å². The highest BCUT2D eigenvalue weighted by molar-refractivity contribution is 5.38. The van der Waals surface area contributed by atoms with Crippen molar-refractivity contribution >= 4 is 0 Å². The van der Waals surface area contributed by atoms with E-state index in [-0.39, 0.29) is 22.6 Å². The first-order chi connectivity index (χ1) is 66.1. The highest BCUT2D eigenvalue weighted by atomic mass is 19.1. The lowest BCUT2D eigenvalue weighted by molar-refractivity contribution is 0.510. The molecule has 7 heterocycles. The fourth-order valence-electron chi connectivity index (χ4n) is 16.5. The van der Waals surface area contributed by atoms with Crippen LogP contribution in [-0.2, 0) is 61.2 Å². The Hall–Kier alpha value is -12.0. The van der Waals surface area contributed by atoms with Gasteiger partial charge in [-0.3, -0.25) is 0 Å². The van der Waals surface area contributed by atoms with Gasteiger partial charge in [-0.1, -0.05) is 337 Å². The summed E-state index contributed by atoms with van der Waals surface area (Å²) in [6, 6.07) is 87.5. The third kappa shape index (κ3) is 36.0. The van der Waals surface area contributed by atoms with Crippen molar-refractivity contribution in [3.8, 4) is 0 Å². The van der Waals surface area contributed by atoms with Crippen LogP contribution in [0.15, 0.2) is 249 Å². The van der Waals surface area contributed by atoms with E-state index in [9.17, 15) is 4.39 Å². The van der Waals surface area contributed by atoms with E-state index in [1.807, 2.05) is 25.1 Å². The minimum atomic E-state index is -0.173. The largest absolute Gasteiger partial charge is 0.207 e. The molecule has 15 heteroatoms.